The highest BCUT2D eigenvalue weighted by atomic mass is 19.1. The molecule has 260 valence electrons. The molecule has 49 heavy (non-hydrogen) atoms. The summed E-state index contributed by atoms with van der Waals surface area (Å²) in [6.45, 7) is 4.30. The minimum atomic E-state index is -1.15. The number of nitrogens with zero attached hydrogens (tertiary/aromatic N) is 1. The molecule has 11 heteroatoms. The molecule has 10 nitrogen and oxygen atoms in total. The van der Waals surface area contributed by atoms with E-state index in [1.54, 1.807) is 18.2 Å². The third-order valence-corrected chi connectivity index (χ3v) is 10.2. The molecule has 3 aliphatic rings. The Kier molecular flexibility index (Phi) is 10.8. The maximum Gasteiger partial charge on any atom is 0.405 e. The van der Waals surface area contributed by atoms with Crippen LogP contribution in [0.25, 0.3) is 10.9 Å². The maximum absolute atomic E-state index is 14.7. The van der Waals surface area contributed by atoms with E-state index < -0.39 is 23.6 Å². The Morgan fingerprint density at radius 2 is 1.76 bits per heavy atom. The molecule has 4 heterocycles. The highest BCUT2D eigenvalue weighted by molar-refractivity contribution is 5.87. The number of amides is 1. The second kappa shape index (κ2) is 15.4. The molecule has 3 atom stereocenters. The number of carboxylic acid groups (broad SMARTS) is 1. The molecule has 1 aromatic heterocycles. The number of aromatic nitrogens is 1. The van der Waals surface area contributed by atoms with Crippen LogP contribution in [0, 0.1) is 17.7 Å². The van der Waals surface area contributed by atoms with Gasteiger partial charge in [0, 0.05) is 30.5 Å². The van der Waals surface area contributed by atoms with Gasteiger partial charge in [-0.05, 0) is 104 Å². The summed E-state index contributed by atoms with van der Waals surface area (Å²) < 4.78 is 20.8. The standard InChI is InChI=1S/C38H45FN4O6/c39-28-9-5-7-26(21-28)38(42-37(47)48,32-24-43-18-15-25(32)16-19-43)27-8-6-10-29(22-27)49-20-4-2-1-3-17-40-23-34(45)30-11-13-33(44)36-31(30)12-14-35(46)41-36/h5-14,21-22,25,32,34,40,42,44-45H,1-4,15-20,23-24H2,(H,41,46)(H,47,48). The summed E-state index contributed by atoms with van der Waals surface area (Å²) in [5.41, 5.74) is 0.843. The van der Waals surface area contributed by atoms with Crippen molar-refractivity contribution >= 4 is 17.0 Å². The number of fused-ring (bicyclic) bond motifs is 4. The molecule has 6 N–H and O–H groups in total. The van der Waals surface area contributed by atoms with Crippen LogP contribution in [0.3, 0.4) is 0 Å². The summed E-state index contributed by atoms with van der Waals surface area (Å²) in [7, 11) is 0. The van der Waals surface area contributed by atoms with Gasteiger partial charge in [0.25, 0.3) is 0 Å². The number of phenols is 1. The number of pyridine rings is 1. The molecule has 0 saturated carbocycles. The fourth-order valence-corrected chi connectivity index (χ4v) is 7.81. The van der Waals surface area contributed by atoms with Gasteiger partial charge in [-0.1, -0.05) is 43.2 Å². The van der Waals surface area contributed by atoms with Crippen molar-refractivity contribution in [1.29, 1.82) is 0 Å². The molecule has 1 amide bonds. The number of benzene rings is 3. The molecule has 7 rings (SSSR count). The van der Waals surface area contributed by atoms with E-state index in [4.69, 9.17) is 4.74 Å². The van der Waals surface area contributed by atoms with Crippen LogP contribution >= 0.6 is 0 Å². The minimum Gasteiger partial charge on any atom is -0.506 e. The van der Waals surface area contributed by atoms with Gasteiger partial charge in [-0.25, -0.2) is 9.18 Å². The molecule has 4 aromatic rings. The Morgan fingerprint density at radius 3 is 2.49 bits per heavy atom. The van der Waals surface area contributed by atoms with E-state index in [0.717, 1.165) is 70.3 Å². The van der Waals surface area contributed by atoms with Crippen LogP contribution < -0.4 is 20.9 Å². The predicted molar refractivity (Wildman–Crippen MR) is 185 cm³/mol. The number of aliphatic hydroxyl groups excluding tert-OH is 1. The average molecular weight is 673 g/mol. The smallest absolute Gasteiger partial charge is 0.405 e. The molecule has 0 radical (unpaired) electrons. The van der Waals surface area contributed by atoms with Crippen molar-refractivity contribution in [3.05, 3.63) is 106 Å². The van der Waals surface area contributed by atoms with Gasteiger partial charge in [-0.2, -0.15) is 0 Å². The summed E-state index contributed by atoms with van der Waals surface area (Å²) in [4.78, 5) is 29.1. The van der Waals surface area contributed by atoms with Crippen molar-refractivity contribution in [2.75, 3.05) is 39.3 Å². The lowest BCUT2D eigenvalue weighted by Crippen LogP contribution is -2.61. The first-order valence-corrected chi connectivity index (χ1v) is 17.2. The number of H-pyrrole nitrogens is 1. The first kappa shape index (κ1) is 34.4. The van der Waals surface area contributed by atoms with Gasteiger partial charge in [0.05, 0.1) is 23.8 Å². The van der Waals surface area contributed by atoms with E-state index in [2.05, 4.69) is 20.5 Å². The summed E-state index contributed by atoms with van der Waals surface area (Å²) in [6, 6.07) is 20.0. The van der Waals surface area contributed by atoms with Crippen LogP contribution in [0.1, 0.15) is 61.3 Å². The van der Waals surface area contributed by atoms with Crippen LogP contribution in [0.15, 0.2) is 77.6 Å². The second-order valence-electron chi connectivity index (χ2n) is 13.3. The largest absolute Gasteiger partial charge is 0.506 e. The van der Waals surface area contributed by atoms with Crippen LogP contribution in [0.2, 0.25) is 0 Å². The molecule has 2 bridgehead atoms. The van der Waals surface area contributed by atoms with E-state index in [9.17, 15) is 29.3 Å². The number of hydrogen-bond acceptors (Lipinski definition) is 7. The summed E-state index contributed by atoms with van der Waals surface area (Å²) >= 11 is 0. The fourth-order valence-electron chi connectivity index (χ4n) is 7.81. The highest BCUT2D eigenvalue weighted by Crippen LogP contribution is 2.47. The SMILES string of the molecule is O=C(O)NC(c1cccc(F)c1)(c1cccc(OCCCCCCNCC(O)c2ccc(O)c3[nH]c(=O)ccc23)c1)C1CN2CCC1CC2. The van der Waals surface area contributed by atoms with Gasteiger partial charge < -0.3 is 40.6 Å². The first-order valence-electron chi connectivity index (χ1n) is 17.2. The number of hydrogen-bond donors (Lipinski definition) is 6. The lowest BCUT2D eigenvalue weighted by Gasteiger charge is -2.53. The van der Waals surface area contributed by atoms with Crippen LogP contribution in [-0.2, 0) is 5.54 Å². The van der Waals surface area contributed by atoms with Gasteiger partial charge >= 0.3 is 6.09 Å². The van der Waals surface area contributed by atoms with E-state index in [1.807, 2.05) is 30.3 Å². The van der Waals surface area contributed by atoms with Crippen molar-refractivity contribution in [1.82, 2.24) is 20.5 Å². The van der Waals surface area contributed by atoms with E-state index in [0.29, 0.717) is 46.8 Å². The van der Waals surface area contributed by atoms with Crippen LogP contribution in [0.4, 0.5) is 9.18 Å². The quantitative estimate of drug-likeness (QED) is 0.0910. The minimum absolute atomic E-state index is 0.0371. The normalized spacial score (nSPS) is 20.5. The molecular formula is C38H45FN4O6. The van der Waals surface area contributed by atoms with Gasteiger partial charge in [-0.3, -0.25) is 4.79 Å². The van der Waals surface area contributed by atoms with Crippen molar-refractivity contribution in [2.24, 2.45) is 11.8 Å². The molecule has 3 aliphatic heterocycles. The van der Waals surface area contributed by atoms with E-state index in [1.165, 1.54) is 24.3 Å². The molecule has 3 unspecified atom stereocenters. The monoisotopic (exact) mass is 672 g/mol. The van der Waals surface area contributed by atoms with E-state index >= 15 is 0 Å². The number of piperidine rings is 3. The lowest BCUT2D eigenvalue weighted by atomic mass is 9.63. The zero-order valence-electron chi connectivity index (χ0n) is 27.5. The maximum atomic E-state index is 14.7. The number of ether oxygens (including phenoxy) is 1. The molecular weight excluding hydrogens is 627 g/mol. The number of carbonyl (C=O) groups is 1. The number of rotatable bonds is 15. The Morgan fingerprint density at radius 1 is 1.00 bits per heavy atom. The molecule has 0 aliphatic carbocycles. The molecule has 0 spiro atoms. The molecule has 3 fully saturated rings. The average Bonchev–Trinajstić information content (AvgIpc) is 3.10. The number of nitrogens with one attached hydrogen (secondary N) is 3. The number of aromatic hydroxyl groups is 1. The molecule has 3 saturated heterocycles. The van der Waals surface area contributed by atoms with Gasteiger partial charge in [0.1, 0.15) is 17.3 Å². The number of aliphatic hydroxyl groups is 1. The first-order chi connectivity index (χ1) is 23.7. The Hall–Kier alpha value is -4.45. The lowest BCUT2D eigenvalue weighted by molar-refractivity contribution is 0.00708. The van der Waals surface area contributed by atoms with Crippen molar-refractivity contribution in [3.63, 3.8) is 0 Å². The Balaban J connectivity index is 1.02. The predicted octanol–water partition coefficient (Wildman–Crippen LogP) is 5.49. The number of halogens is 1. The third-order valence-electron chi connectivity index (χ3n) is 10.2. The number of aromatic amines is 1. The van der Waals surface area contributed by atoms with Crippen molar-refractivity contribution in [2.45, 2.75) is 50.2 Å². The van der Waals surface area contributed by atoms with Gasteiger partial charge in [-0.15, -0.1) is 0 Å². The van der Waals surface area contributed by atoms with Gasteiger partial charge in [0.15, 0.2) is 0 Å². The van der Waals surface area contributed by atoms with Gasteiger partial charge in [0.2, 0.25) is 5.56 Å². The zero-order valence-corrected chi connectivity index (χ0v) is 27.5. The summed E-state index contributed by atoms with van der Waals surface area (Å²) in [5.74, 6) is 0.447. The Bertz CT molecular complexity index is 1810. The molecule has 3 aromatic carbocycles. The van der Waals surface area contributed by atoms with E-state index in [-0.39, 0.29) is 17.2 Å². The third kappa shape index (κ3) is 7.74. The Labute approximate surface area is 284 Å². The number of phenolic OH excluding ortho intramolecular Hbond substituents is 1. The van der Waals surface area contributed by atoms with Crippen molar-refractivity contribution < 1.29 is 29.2 Å². The van der Waals surface area contributed by atoms with Crippen LogP contribution in [0.5, 0.6) is 11.5 Å². The zero-order chi connectivity index (χ0) is 34.4. The number of unbranched alkanes of at least 4 members (excludes halogenated alkanes) is 3. The second-order valence-corrected chi connectivity index (χ2v) is 13.3. The van der Waals surface area contributed by atoms with Crippen LogP contribution in [-0.4, -0.2) is 70.6 Å². The highest BCUT2D eigenvalue weighted by Gasteiger charge is 2.51. The summed E-state index contributed by atoms with van der Waals surface area (Å²) in [5, 5.41) is 37.8. The fraction of sp³-hybridized carbons (Fsp3) is 0.421. The summed E-state index contributed by atoms with van der Waals surface area (Å²) in [6.07, 6.45) is 3.70. The van der Waals surface area contributed by atoms with Crippen molar-refractivity contribution in [3.8, 4) is 11.5 Å². The topological polar surface area (TPSA) is 147 Å².